The third-order valence-electron chi connectivity index (χ3n) is 6.44. The van der Waals surface area contributed by atoms with Gasteiger partial charge in [0.2, 0.25) is 0 Å². The van der Waals surface area contributed by atoms with Crippen molar-refractivity contribution in [3.05, 3.63) is 70.2 Å². The average molecular weight is 539 g/mol. The second kappa shape index (κ2) is 13.0. The van der Waals surface area contributed by atoms with Crippen LogP contribution in [-0.4, -0.2) is 35.3 Å². The number of benzene rings is 2. The molecule has 0 spiro atoms. The lowest BCUT2D eigenvalue weighted by molar-refractivity contribution is 0.0911. The van der Waals surface area contributed by atoms with E-state index >= 15 is 0 Å². The molecule has 1 saturated carbocycles. The number of rotatable bonds is 9. The first-order valence-electron chi connectivity index (χ1n) is 12.6. The molecule has 0 saturated heterocycles. The van der Waals surface area contributed by atoms with Crippen LogP contribution < -0.4 is 20.7 Å². The van der Waals surface area contributed by atoms with Crippen LogP contribution in [-0.2, 0) is 6.61 Å². The molecule has 9 heteroatoms. The first-order valence-corrected chi connectivity index (χ1v) is 14.7. The van der Waals surface area contributed by atoms with Gasteiger partial charge in [0.25, 0.3) is 5.91 Å². The number of carbonyl (C=O) groups excluding carboxylic acids is 2. The maximum atomic E-state index is 12.9. The van der Waals surface area contributed by atoms with Gasteiger partial charge in [0.1, 0.15) is 23.1 Å². The molecule has 2 aromatic carbocycles. The summed E-state index contributed by atoms with van der Waals surface area (Å²) in [6, 6.07) is 15.2. The quantitative estimate of drug-likeness (QED) is 0.273. The highest BCUT2D eigenvalue weighted by Gasteiger charge is 2.28. The Morgan fingerprint density at radius 3 is 2.35 bits per heavy atom. The van der Waals surface area contributed by atoms with Gasteiger partial charge in [0.05, 0.1) is 6.04 Å². The number of ether oxygens (including phenoxy) is 1. The van der Waals surface area contributed by atoms with Gasteiger partial charge in [-0.25, -0.2) is 9.78 Å². The third kappa shape index (κ3) is 7.72. The summed E-state index contributed by atoms with van der Waals surface area (Å²) in [4.78, 5) is 31.2. The zero-order valence-corrected chi connectivity index (χ0v) is 23.1. The van der Waals surface area contributed by atoms with Crippen molar-refractivity contribution in [1.82, 2.24) is 15.6 Å². The second-order valence-corrected chi connectivity index (χ2v) is 11.3. The van der Waals surface area contributed by atoms with E-state index in [1.807, 2.05) is 42.7 Å². The predicted molar refractivity (Wildman–Crippen MR) is 151 cm³/mol. The number of anilines is 1. The highest BCUT2D eigenvalue weighted by molar-refractivity contribution is 7.98. The molecular weight excluding hydrogens is 504 g/mol. The summed E-state index contributed by atoms with van der Waals surface area (Å²) in [5, 5.41) is 11.5. The van der Waals surface area contributed by atoms with Gasteiger partial charge in [0, 0.05) is 22.0 Å². The molecule has 0 aliphatic heterocycles. The fourth-order valence-corrected chi connectivity index (χ4v) is 5.40. The molecule has 7 nitrogen and oxygen atoms in total. The fraction of sp³-hybridized carbons (Fsp3) is 0.393. The number of thioether (sulfide) groups is 1. The van der Waals surface area contributed by atoms with E-state index in [4.69, 9.17) is 4.74 Å². The van der Waals surface area contributed by atoms with Gasteiger partial charge in [-0.05, 0) is 67.0 Å². The average Bonchev–Trinajstić information content (AvgIpc) is 3.38. The van der Waals surface area contributed by atoms with E-state index in [0.29, 0.717) is 18.2 Å². The molecule has 3 aromatic rings. The summed E-state index contributed by atoms with van der Waals surface area (Å²) in [6.45, 7) is 4.62. The number of hydrogen-bond donors (Lipinski definition) is 3. The highest BCUT2D eigenvalue weighted by atomic mass is 32.2. The van der Waals surface area contributed by atoms with Crippen LogP contribution in [0, 0.1) is 0 Å². The summed E-state index contributed by atoms with van der Waals surface area (Å²) >= 11 is 3.06. The van der Waals surface area contributed by atoms with E-state index < -0.39 is 0 Å². The Hall–Kier alpha value is -3.04. The van der Waals surface area contributed by atoms with Gasteiger partial charge in [-0.3, -0.25) is 4.79 Å². The second-order valence-electron chi connectivity index (χ2n) is 9.44. The molecule has 196 valence electrons. The monoisotopic (exact) mass is 538 g/mol. The van der Waals surface area contributed by atoms with Crippen LogP contribution in [0.2, 0.25) is 0 Å². The van der Waals surface area contributed by atoms with Gasteiger partial charge in [0.15, 0.2) is 0 Å². The van der Waals surface area contributed by atoms with Crippen LogP contribution in [0.3, 0.4) is 0 Å². The predicted octanol–water partition coefficient (Wildman–Crippen LogP) is 6.43. The number of urea groups is 1. The van der Waals surface area contributed by atoms with Crippen molar-refractivity contribution in [1.29, 1.82) is 0 Å². The number of aromatic nitrogens is 1. The van der Waals surface area contributed by atoms with Crippen LogP contribution in [0.25, 0.3) is 0 Å². The summed E-state index contributed by atoms with van der Waals surface area (Å²) in [5.41, 5.74) is 2.37. The van der Waals surface area contributed by atoms with Gasteiger partial charge in [-0.2, -0.15) is 0 Å². The van der Waals surface area contributed by atoms with E-state index in [9.17, 15) is 9.59 Å². The van der Waals surface area contributed by atoms with Crippen molar-refractivity contribution in [2.24, 2.45) is 0 Å². The molecule has 3 N–H and O–H groups in total. The lowest BCUT2D eigenvalue weighted by Crippen LogP contribution is -2.54. The number of nitrogens with zero attached hydrogens (tertiary/aromatic N) is 1. The largest absolute Gasteiger partial charge is 0.486 e. The summed E-state index contributed by atoms with van der Waals surface area (Å²) in [6.07, 6.45) is 5.66. The standard InChI is InChI=1S/C28H34N4O3S2/c1-18(2)19-8-12-21(13-9-19)35-16-26-30-25(17-37-26)27(33)31-23-6-4-5-7-24(23)32-28(34)29-20-10-14-22(36-3)15-11-20/h8-15,17-18,23-24H,4-7,16H2,1-3H3,(H,31,33)(H2,29,32,34)/t23-,24+/m0/s1. The Kier molecular flexibility index (Phi) is 9.46. The van der Waals surface area contributed by atoms with Crippen molar-refractivity contribution < 1.29 is 14.3 Å². The minimum absolute atomic E-state index is 0.140. The van der Waals surface area contributed by atoms with E-state index in [2.05, 4.69) is 46.9 Å². The summed E-state index contributed by atoms with van der Waals surface area (Å²) in [7, 11) is 0. The Balaban J connectivity index is 1.29. The Morgan fingerprint density at radius 1 is 1.03 bits per heavy atom. The molecule has 1 heterocycles. The zero-order chi connectivity index (χ0) is 26.2. The molecule has 1 fully saturated rings. The summed E-state index contributed by atoms with van der Waals surface area (Å²) in [5.74, 6) is 1.02. The molecular formula is C28H34N4O3S2. The fourth-order valence-electron chi connectivity index (χ4n) is 4.30. The highest BCUT2D eigenvalue weighted by Crippen LogP contribution is 2.22. The SMILES string of the molecule is CSc1ccc(NC(=O)N[C@@H]2CCCC[C@@H]2NC(=O)c2csc(COc3ccc(C(C)C)cc3)n2)cc1. The van der Waals surface area contributed by atoms with Crippen molar-refractivity contribution in [2.75, 3.05) is 11.6 Å². The molecule has 3 amide bonds. The molecule has 1 aliphatic rings. The molecule has 0 unspecified atom stereocenters. The van der Waals surface area contributed by atoms with Gasteiger partial charge in [-0.1, -0.05) is 38.8 Å². The lowest BCUT2D eigenvalue weighted by atomic mass is 9.90. The van der Waals surface area contributed by atoms with E-state index in [0.717, 1.165) is 47.0 Å². The molecule has 1 aromatic heterocycles. The molecule has 1 aliphatic carbocycles. The van der Waals surface area contributed by atoms with E-state index in [1.54, 1.807) is 17.1 Å². The Bertz CT molecular complexity index is 1180. The third-order valence-corrected chi connectivity index (χ3v) is 8.01. The number of amides is 3. The minimum Gasteiger partial charge on any atom is -0.486 e. The molecule has 37 heavy (non-hydrogen) atoms. The zero-order valence-electron chi connectivity index (χ0n) is 21.5. The minimum atomic E-state index is -0.266. The smallest absolute Gasteiger partial charge is 0.319 e. The molecule has 0 bridgehead atoms. The van der Waals surface area contributed by atoms with Crippen LogP contribution in [0.15, 0.2) is 58.8 Å². The maximum absolute atomic E-state index is 12.9. The van der Waals surface area contributed by atoms with Crippen molar-refractivity contribution in [3.63, 3.8) is 0 Å². The van der Waals surface area contributed by atoms with Crippen LogP contribution in [0.4, 0.5) is 10.5 Å². The van der Waals surface area contributed by atoms with Crippen LogP contribution >= 0.6 is 23.1 Å². The van der Waals surface area contributed by atoms with Gasteiger partial charge < -0.3 is 20.7 Å². The van der Waals surface area contributed by atoms with Crippen molar-refractivity contribution in [3.8, 4) is 5.75 Å². The van der Waals surface area contributed by atoms with Crippen molar-refractivity contribution in [2.45, 2.75) is 69.0 Å². The molecule has 2 atom stereocenters. The Labute approximate surface area is 226 Å². The topological polar surface area (TPSA) is 92.4 Å². The van der Waals surface area contributed by atoms with E-state index in [1.165, 1.54) is 16.9 Å². The lowest BCUT2D eigenvalue weighted by Gasteiger charge is -2.32. The first-order chi connectivity index (χ1) is 17.9. The van der Waals surface area contributed by atoms with Crippen molar-refractivity contribution >= 4 is 40.7 Å². The normalized spacial score (nSPS) is 17.3. The van der Waals surface area contributed by atoms with E-state index in [-0.39, 0.29) is 24.0 Å². The van der Waals surface area contributed by atoms with Gasteiger partial charge in [-0.15, -0.1) is 23.1 Å². The summed E-state index contributed by atoms with van der Waals surface area (Å²) < 4.78 is 5.85. The van der Waals surface area contributed by atoms with Crippen LogP contribution in [0.5, 0.6) is 5.75 Å². The number of thiazole rings is 1. The number of carbonyl (C=O) groups is 2. The number of hydrogen-bond acceptors (Lipinski definition) is 6. The number of nitrogens with one attached hydrogen (secondary N) is 3. The molecule has 0 radical (unpaired) electrons. The Morgan fingerprint density at radius 2 is 1.70 bits per heavy atom. The molecule has 4 rings (SSSR count). The van der Waals surface area contributed by atoms with Crippen LogP contribution in [0.1, 0.15) is 66.5 Å². The first kappa shape index (κ1) is 27.0. The van der Waals surface area contributed by atoms with Gasteiger partial charge >= 0.3 is 6.03 Å². The maximum Gasteiger partial charge on any atom is 0.319 e.